The summed E-state index contributed by atoms with van der Waals surface area (Å²) < 4.78 is 5.25. The first kappa shape index (κ1) is 25.2. The summed E-state index contributed by atoms with van der Waals surface area (Å²) >= 11 is 0.949. The average molecular weight is 488 g/mol. The van der Waals surface area contributed by atoms with Gasteiger partial charge in [0.25, 0.3) is 5.91 Å². The fourth-order valence-electron chi connectivity index (χ4n) is 3.50. The largest absolute Gasteiger partial charge is 0.495 e. The van der Waals surface area contributed by atoms with E-state index < -0.39 is 23.8 Å². The van der Waals surface area contributed by atoms with Crippen LogP contribution in [0.2, 0.25) is 0 Å². The van der Waals surface area contributed by atoms with E-state index in [0.29, 0.717) is 22.8 Å². The molecule has 1 N–H and O–H groups in total. The number of anilines is 1. The molecule has 1 aliphatic heterocycles. The molecule has 2 aromatic carbocycles. The molecule has 0 fully saturated rings. The van der Waals surface area contributed by atoms with E-state index >= 15 is 0 Å². The first-order valence-corrected chi connectivity index (χ1v) is 11.3. The van der Waals surface area contributed by atoms with Gasteiger partial charge in [0.05, 0.1) is 18.7 Å². The van der Waals surface area contributed by atoms with Crippen LogP contribution in [-0.2, 0) is 16.0 Å². The zero-order chi connectivity index (χ0) is 25.4. The van der Waals surface area contributed by atoms with Crippen molar-refractivity contribution in [2.75, 3.05) is 19.0 Å². The zero-order valence-corrected chi connectivity index (χ0v) is 19.8. The molecule has 3 rings (SSSR count). The SMILES string of the molecule is COc1cc(SC#N)ccc1NC(=O)N=CC1C(=O)N(CCc2ccccc2)C(=O)C(C#N)=C1C. The van der Waals surface area contributed by atoms with Gasteiger partial charge in [-0.3, -0.25) is 14.5 Å². The molecule has 9 nitrogen and oxygen atoms in total. The topological polar surface area (TPSA) is 136 Å². The maximum absolute atomic E-state index is 13.1. The molecule has 0 spiro atoms. The minimum absolute atomic E-state index is 0.0981. The lowest BCUT2D eigenvalue weighted by Crippen LogP contribution is -2.47. The van der Waals surface area contributed by atoms with Crippen molar-refractivity contribution >= 4 is 41.5 Å². The van der Waals surface area contributed by atoms with E-state index in [4.69, 9.17) is 10.00 Å². The quantitative estimate of drug-likeness (QED) is 0.270. The first-order chi connectivity index (χ1) is 16.9. The lowest BCUT2D eigenvalue weighted by atomic mass is 9.90. The summed E-state index contributed by atoms with van der Waals surface area (Å²) in [5, 5.41) is 22.8. The number of benzene rings is 2. The number of carbonyl (C=O) groups is 3. The van der Waals surface area contributed by atoms with Gasteiger partial charge in [0.1, 0.15) is 22.8 Å². The van der Waals surface area contributed by atoms with Crippen LogP contribution in [0.15, 0.2) is 69.6 Å². The van der Waals surface area contributed by atoms with Gasteiger partial charge in [-0.25, -0.2) is 9.79 Å². The Morgan fingerprint density at radius 3 is 2.63 bits per heavy atom. The Hall–Kier alpha value is -4.41. The molecule has 1 atom stereocenters. The molecule has 0 radical (unpaired) electrons. The fraction of sp³-hybridized carbons (Fsp3) is 0.200. The molecule has 35 heavy (non-hydrogen) atoms. The van der Waals surface area contributed by atoms with E-state index in [9.17, 15) is 19.6 Å². The zero-order valence-electron chi connectivity index (χ0n) is 19.0. The number of hydrogen-bond donors (Lipinski definition) is 1. The maximum Gasteiger partial charge on any atom is 0.345 e. The second-order valence-corrected chi connectivity index (χ2v) is 8.30. The van der Waals surface area contributed by atoms with Gasteiger partial charge < -0.3 is 10.1 Å². The van der Waals surface area contributed by atoms with Gasteiger partial charge in [-0.2, -0.15) is 10.5 Å². The van der Waals surface area contributed by atoms with Gasteiger partial charge in [0.2, 0.25) is 5.91 Å². The summed E-state index contributed by atoms with van der Waals surface area (Å²) in [4.78, 5) is 43.8. The summed E-state index contributed by atoms with van der Waals surface area (Å²) in [6.45, 7) is 1.60. The van der Waals surface area contributed by atoms with E-state index in [1.807, 2.05) is 41.8 Å². The first-order valence-electron chi connectivity index (χ1n) is 10.5. The summed E-state index contributed by atoms with van der Waals surface area (Å²) in [5.41, 5.74) is 1.37. The maximum atomic E-state index is 13.1. The smallest absolute Gasteiger partial charge is 0.345 e. The number of urea groups is 1. The monoisotopic (exact) mass is 487 g/mol. The lowest BCUT2D eigenvalue weighted by Gasteiger charge is -2.29. The van der Waals surface area contributed by atoms with Crippen molar-refractivity contribution in [3.05, 3.63) is 65.2 Å². The highest BCUT2D eigenvalue weighted by Crippen LogP contribution is 2.30. The highest BCUT2D eigenvalue weighted by molar-refractivity contribution is 8.03. The summed E-state index contributed by atoms with van der Waals surface area (Å²) in [6, 6.07) is 15.3. The van der Waals surface area contributed by atoms with E-state index in [-0.39, 0.29) is 17.7 Å². The van der Waals surface area contributed by atoms with Gasteiger partial charge >= 0.3 is 6.03 Å². The number of rotatable bonds is 7. The van der Waals surface area contributed by atoms with Crippen molar-refractivity contribution in [2.24, 2.45) is 10.9 Å². The van der Waals surface area contributed by atoms with Crippen molar-refractivity contribution in [3.63, 3.8) is 0 Å². The van der Waals surface area contributed by atoms with Crippen molar-refractivity contribution < 1.29 is 19.1 Å². The number of amides is 4. The third-order valence-corrected chi connectivity index (χ3v) is 5.93. The Bertz CT molecular complexity index is 1290. The van der Waals surface area contributed by atoms with Gasteiger partial charge in [-0.15, -0.1) is 0 Å². The van der Waals surface area contributed by atoms with Crippen LogP contribution in [0.25, 0.3) is 0 Å². The highest BCUT2D eigenvalue weighted by atomic mass is 32.2. The predicted octanol–water partition coefficient (Wildman–Crippen LogP) is 3.94. The van der Waals surface area contributed by atoms with E-state index in [2.05, 4.69) is 10.3 Å². The Morgan fingerprint density at radius 2 is 1.97 bits per heavy atom. The Labute approximate surface area is 206 Å². The number of imide groups is 1. The molecule has 176 valence electrons. The number of nitriles is 2. The summed E-state index contributed by atoms with van der Waals surface area (Å²) in [6.07, 6.45) is 1.57. The Kier molecular flexibility index (Phi) is 8.38. The molecule has 1 unspecified atom stereocenters. The summed E-state index contributed by atoms with van der Waals surface area (Å²) in [5.74, 6) is -1.89. The summed E-state index contributed by atoms with van der Waals surface area (Å²) in [7, 11) is 1.42. The number of aliphatic imine (C=N–C) groups is 1. The number of ether oxygens (including phenoxy) is 1. The number of carbonyl (C=O) groups excluding carboxylic acids is 3. The van der Waals surface area contributed by atoms with Crippen molar-refractivity contribution in [1.82, 2.24) is 4.90 Å². The van der Waals surface area contributed by atoms with Crippen molar-refractivity contribution in [3.8, 4) is 17.2 Å². The Balaban J connectivity index is 1.78. The minimum Gasteiger partial charge on any atom is -0.495 e. The van der Waals surface area contributed by atoms with Crippen LogP contribution >= 0.6 is 11.8 Å². The lowest BCUT2D eigenvalue weighted by molar-refractivity contribution is -0.144. The van der Waals surface area contributed by atoms with E-state index in [1.54, 1.807) is 18.2 Å². The molecule has 0 bridgehead atoms. The standard InChI is InChI=1S/C25H21N5O4S/c1-16-19(13-26)23(31)30(11-10-17-6-4-3-5-7-17)24(32)20(16)14-28-25(33)29-21-9-8-18(35-15-27)12-22(21)34-2/h3-9,12,14,20H,10-11H2,1-2H3,(H,29,33). The van der Waals surface area contributed by atoms with Crippen LogP contribution in [0.5, 0.6) is 5.75 Å². The van der Waals surface area contributed by atoms with Crippen LogP contribution in [0.4, 0.5) is 10.5 Å². The fourth-order valence-corrected chi connectivity index (χ4v) is 3.91. The molecule has 2 aromatic rings. The molecule has 10 heteroatoms. The molecule has 0 aliphatic carbocycles. The molecule has 1 aliphatic rings. The number of hydrogen-bond acceptors (Lipinski definition) is 7. The predicted molar refractivity (Wildman–Crippen MR) is 131 cm³/mol. The second kappa shape index (κ2) is 11.6. The van der Waals surface area contributed by atoms with Crippen LogP contribution in [0.1, 0.15) is 12.5 Å². The third-order valence-electron chi connectivity index (χ3n) is 5.35. The van der Waals surface area contributed by atoms with Crippen LogP contribution in [0, 0.1) is 27.9 Å². The molecule has 1 heterocycles. The van der Waals surface area contributed by atoms with Gasteiger partial charge in [0.15, 0.2) is 0 Å². The number of thiocyanates is 1. The van der Waals surface area contributed by atoms with Crippen LogP contribution < -0.4 is 10.1 Å². The van der Waals surface area contributed by atoms with E-state index in [0.717, 1.165) is 28.4 Å². The Morgan fingerprint density at radius 1 is 1.23 bits per heavy atom. The minimum atomic E-state index is -1.03. The number of nitrogens with zero attached hydrogens (tertiary/aromatic N) is 4. The van der Waals surface area contributed by atoms with Gasteiger partial charge in [0, 0.05) is 17.7 Å². The molecule has 0 aromatic heterocycles. The van der Waals surface area contributed by atoms with Crippen molar-refractivity contribution in [2.45, 2.75) is 18.2 Å². The molecule has 0 saturated carbocycles. The molecular formula is C25H21N5O4S. The molecule has 4 amide bonds. The second-order valence-electron chi connectivity index (χ2n) is 7.44. The van der Waals surface area contributed by atoms with Crippen molar-refractivity contribution in [1.29, 1.82) is 10.5 Å². The normalized spacial score (nSPS) is 15.7. The number of methoxy groups -OCH3 is 1. The third kappa shape index (κ3) is 5.94. The molecular weight excluding hydrogens is 466 g/mol. The highest BCUT2D eigenvalue weighted by Gasteiger charge is 2.38. The van der Waals surface area contributed by atoms with Crippen LogP contribution in [0.3, 0.4) is 0 Å². The molecule has 0 saturated heterocycles. The average Bonchev–Trinajstić information content (AvgIpc) is 2.85. The van der Waals surface area contributed by atoms with Gasteiger partial charge in [-0.1, -0.05) is 30.3 Å². The van der Waals surface area contributed by atoms with Gasteiger partial charge in [-0.05, 0) is 54.4 Å². The van der Waals surface area contributed by atoms with Crippen LogP contribution in [-0.4, -0.2) is 42.6 Å². The number of nitrogens with one attached hydrogen (secondary N) is 1. The van der Waals surface area contributed by atoms with E-state index in [1.165, 1.54) is 14.0 Å². The number of thioether (sulfide) groups is 1.